The number of rotatable bonds is 3. The Morgan fingerprint density at radius 3 is 3.06 bits per heavy atom. The van der Waals surface area contributed by atoms with Gasteiger partial charge in [-0.05, 0) is 50.8 Å². The maximum atomic E-state index is 12.2. The smallest absolute Gasteiger partial charge is 0.172 e. The van der Waals surface area contributed by atoms with Crippen LogP contribution in [-0.4, -0.2) is 43.4 Å². The van der Waals surface area contributed by atoms with Crippen molar-refractivity contribution < 1.29 is 4.79 Å². The van der Waals surface area contributed by atoms with Crippen LogP contribution in [0.2, 0.25) is 0 Å². The lowest BCUT2D eigenvalue weighted by Crippen LogP contribution is -2.33. The van der Waals surface area contributed by atoms with Gasteiger partial charge in [0.1, 0.15) is 0 Å². The summed E-state index contributed by atoms with van der Waals surface area (Å²) in [6, 6.07) is 0. The molecule has 3 nitrogen and oxygen atoms in total. The van der Waals surface area contributed by atoms with E-state index in [1.54, 1.807) is 0 Å². The standard InChI is InChI=1S/C14H24N2O/c17-14(13-6-3-1-2-4-7-13)12-16-10-5-8-15-9-11-16/h6,15H,1-5,7-12H2. The maximum Gasteiger partial charge on any atom is 0.172 e. The summed E-state index contributed by atoms with van der Waals surface area (Å²) in [7, 11) is 0. The molecule has 96 valence electrons. The van der Waals surface area contributed by atoms with Gasteiger partial charge >= 0.3 is 0 Å². The number of carbonyl (C=O) groups is 1. The van der Waals surface area contributed by atoms with E-state index in [0.29, 0.717) is 12.3 Å². The zero-order valence-electron chi connectivity index (χ0n) is 10.7. The van der Waals surface area contributed by atoms with E-state index in [4.69, 9.17) is 0 Å². The van der Waals surface area contributed by atoms with Gasteiger partial charge in [-0.25, -0.2) is 0 Å². The van der Waals surface area contributed by atoms with Crippen molar-refractivity contribution in [2.24, 2.45) is 0 Å². The number of nitrogens with one attached hydrogen (secondary N) is 1. The molecule has 1 saturated heterocycles. The van der Waals surface area contributed by atoms with Gasteiger partial charge in [-0.3, -0.25) is 9.69 Å². The molecule has 17 heavy (non-hydrogen) atoms. The van der Waals surface area contributed by atoms with E-state index < -0.39 is 0 Å². The van der Waals surface area contributed by atoms with Crippen LogP contribution in [0.1, 0.15) is 38.5 Å². The van der Waals surface area contributed by atoms with E-state index in [-0.39, 0.29) is 0 Å². The minimum atomic E-state index is 0.369. The van der Waals surface area contributed by atoms with Gasteiger partial charge in [0, 0.05) is 13.1 Å². The van der Waals surface area contributed by atoms with Crippen LogP contribution in [-0.2, 0) is 4.79 Å². The second-order valence-electron chi connectivity index (χ2n) is 5.13. The number of Topliss-reactive ketones (excluding diaryl/α,β-unsaturated/α-hetero) is 1. The molecule has 1 aliphatic carbocycles. The minimum absolute atomic E-state index is 0.369. The molecule has 0 bridgehead atoms. The minimum Gasteiger partial charge on any atom is -0.315 e. The first-order valence-corrected chi connectivity index (χ1v) is 7.01. The molecule has 2 rings (SSSR count). The van der Waals surface area contributed by atoms with Crippen molar-refractivity contribution >= 4 is 5.78 Å². The quantitative estimate of drug-likeness (QED) is 0.810. The third kappa shape index (κ3) is 4.25. The molecule has 0 radical (unpaired) electrons. The van der Waals surface area contributed by atoms with Crippen molar-refractivity contribution in [2.45, 2.75) is 38.5 Å². The number of hydrogen-bond donors (Lipinski definition) is 1. The molecule has 1 N–H and O–H groups in total. The summed E-state index contributed by atoms with van der Waals surface area (Å²) < 4.78 is 0. The Bertz CT molecular complexity index is 278. The molecular formula is C14H24N2O. The fourth-order valence-corrected chi connectivity index (χ4v) is 2.63. The average molecular weight is 236 g/mol. The largest absolute Gasteiger partial charge is 0.315 e. The monoisotopic (exact) mass is 236 g/mol. The van der Waals surface area contributed by atoms with Crippen molar-refractivity contribution in [3.63, 3.8) is 0 Å². The van der Waals surface area contributed by atoms with Crippen LogP contribution in [0.3, 0.4) is 0 Å². The lowest BCUT2D eigenvalue weighted by Gasteiger charge is -2.19. The highest BCUT2D eigenvalue weighted by atomic mass is 16.1. The van der Waals surface area contributed by atoms with E-state index in [0.717, 1.165) is 51.0 Å². The second kappa shape index (κ2) is 6.92. The highest BCUT2D eigenvalue weighted by Crippen LogP contribution is 2.18. The lowest BCUT2D eigenvalue weighted by molar-refractivity contribution is -0.116. The van der Waals surface area contributed by atoms with E-state index in [1.165, 1.54) is 19.3 Å². The van der Waals surface area contributed by atoms with Gasteiger partial charge < -0.3 is 5.32 Å². The van der Waals surface area contributed by atoms with Crippen LogP contribution in [0.15, 0.2) is 11.6 Å². The molecule has 2 aliphatic rings. The summed E-state index contributed by atoms with van der Waals surface area (Å²) >= 11 is 0. The molecule has 0 spiro atoms. The number of ketones is 1. The van der Waals surface area contributed by atoms with Crippen LogP contribution >= 0.6 is 0 Å². The van der Waals surface area contributed by atoms with Gasteiger partial charge in [0.2, 0.25) is 0 Å². The molecule has 1 aliphatic heterocycles. The molecular weight excluding hydrogens is 212 g/mol. The second-order valence-corrected chi connectivity index (χ2v) is 5.13. The van der Waals surface area contributed by atoms with Crippen LogP contribution in [0.5, 0.6) is 0 Å². The van der Waals surface area contributed by atoms with Crippen molar-refractivity contribution in [1.29, 1.82) is 0 Å². The topological polar surface area (TPSA) is 32.3 Å². The molecule has 0 amide bonds. The SMILES string of the molecule is O=C(CN1CCCNCC1)C1=CCCCCC1. The Morgan fingerprint density at radius 1 is 1.18 bits per heavy atom. The summed E-state index contributed by atoms with van der Waals surface area (Å²) in [4.78, 5) is 14.5. The third-order valence-corrected chi connectivity index (χ3v) is 3.70. The third-order valence-electron chi connectivity index (χ3n) is 3.70. The summed E-state index contributed by atoms with van der Waals surface area (Å²) in [5.41, 5.74) is 1.10. The Balaban J connectivity index is 1.84. The zero-order valence-corrected chi connectivity index (χ0v) is 10.7. The number of hydrogen-bond acceptors (Lipinski definition) is 3. The highest BCUT2D eigenvalue weighted by molar-refractivity contribution is 5.96. The van der Waals surface area contributed by atoms with Gasteiger partial charge in [-0.1, -0.05) is 12.5 Å². The molecule has 1 heterocycles. The lowest BCUT2D eigenvalue weighted by atomic mass is 10.1. The molecule has 0 unspecified atom stereocenters. The van der Waals surface area contributed by atoms with Crippen molar-refractivity contribution in [3.8, 4) is 0 Å². The predicted octanol–water partition coefficient (Wildman–Crippen LogP) is 1.74. The van der Waals surface area contributed by atoms with E-state index in [2.05, 4.69) is 16.3 Å². The normalized spacial score (nSPS) is 23.6. The van der Waals surface area contributed by atoms with Crippen LogP contribution in [0.25, 0.3) is 0 Å². The first-order chi connectivity index (χ1) is 8.36. The van der Waals surface area contributed by atoms with Crippen molar-refractivity contribution in [3.05, 3.63) is 11.6 Å². The van der Waals surface area contributed by atoms with E-state index in [1.807, 2.05) is 0 Å². The van der Waals surface area contributed by atoms with E-state index in [9.17, 15) is 4.79 Å². The van der Waals surface area contributed by atoms with Crippen LogP contribution in [0.4, 0.5) is 0 Å². The molecule has 0 aromatic rings. The van der Waals surface area contributed by atoms with Gasteiger partial charge in [-0.2, -0.15) is 0 Å². The van der Waals surface area contributed by atoms with Crippen molar-refractivity contribution in [2.75, 3.05) is 32.7 Å². The molecule has 1 fully saturated rings. The summed E-state index contributed by atoms with van der Waals surface area (Å²) in [5.74, 6) is 0.369. The van der Waals surface area contributed by atoms with Crippen LogP contribution in [0, 0.1) is 0 Å². The first-order valence-electron chi connectivity index (χ1n) is 7.01. The fraction of sp³-hybridized carbons (Fsp3) is 0.786. The van der Waals surface area contributed by atoms with Gasteiger partial charge in [-0.15, -0.1) is 0 Å². The Hall–Kier alpha value is -0.670. The zero-order chi connectivity index (χ0) is 11.9. The van der Waals surface area contributed by atoms with Gasteiger partial charge in [0.25, 0.3) is 0 Å². The number of nitrogens with zero attached hydrogens (tertiary/aromatic N) is 1. The van der Waals surface area contributed by atoms with Crippen molar-refractivity contribution in [1.82, 2.24) is 10.2 Å². The van der Waals surface area contributed by atoms with Gasteiger partial charge in [0.05, 0.1) is 6.54 Å². The van der Waals surface area contributed by atoms with Gasteiger partial charge in [0.15, 0.2) is 5.78 Å². The molecule has 0 aromatic carbocycles. The summed E-state index contributed by atoms with van der Waals surface area (Å²) in [5, 5.41) is 3.37. The average Bonchev–Trinajstić information content (AvgIpc) is 2.72. The predicted molar refractivity (Wildman–Crippen MR) is 70.1 cm³/mol. The number of allylic oxidation sites excluding steroid dienone is 1. The Kier molecular flexibility index (Phi) is 5.20. The number of carbonyl (C=O) groups excluding carboxylic acids is 1. The Labute approximate surface area is 104 Å². The fourth-order valence-electron chi connectivity index (χ4n) is 2.63. The molecule has 0 saturated carbocycles. The molecule has 3 heteroatoms. The first kappa shape index (κ1) is 12.8. The molecule has 0 atom stereocenters. The Morgan fingerprint density at radius 2 is 2.12 bits per heavy atom. The highest BCUT2D eigenvalue weighted by Gasteiger charge is 2.16. The summed E-state index contributed by atoms with van der Waals surface area (Å²) in [6.45, 7) is 4.82. The molecule has 0 aromatic heterocycles. The summed E-state index contributed by atoms with van der Waals surface area (Å²) in [6.07, 6.45) is 9.18. The maximum absolute atomic E-state index is 12.2. The van der Waals surface area contributed by atoms with E-state index >= 15 is 0 Å². The van der Waals surface area contributed by atoms with Crippen LogP contribution < -0.4 is 5.32 Å².